The summed E-state index contributed by atoms with van der Waals surface area (Å²) < 4.78 is 42.1. The predicted molar refractivity (Wildman–Crippen MR) is 66.4 cm³/mol. The van der Waals surface area contributed by atoms with Crippen LogP contribution in [0, 0.1) is 0 Å². The average Bonchev–Trinajstić information content (AvgIpc) is 2.38. The third kappa shape index (κ3) is 3.61. The van der Waals surface area contributed by atoms with Crippen molar-refractivity contribution in [2.45, 2.75) is 38.5 Å². The molecule has 0 aromatic carbocycles. The van der Waals surface area contributed by atoms with Gasteiger partial charge in [-0.1, -0.05) is 0 Å². The molecule has 112 valence electrons. The number of alkyl halides is 3. The highest BCUT2D eigenvalue weighted by molar-refractivity contribution is 5.36. The van der Waals surface area contributed by atoms with Crippen molar-refractivity contribution in [1.82, 2.24) is 15.0 Å². The highest BCUT2D eigenvalue weighted by Crippen LogP contribution is 2.24. The molecule has 1 aromatic heterocycles. The molecule has 1 unspecified atom stereocenters. The number of halogens is 3. The van der Waals surface area contributed by atoms with Crippen LogP contribution in [-0.4, -0.2) is 40.3 Å². The predicted octanol–water partition coefficient (Wildman–Crippen LogP) is 1.77. The van der Waals surface area contributed by atoms with Crippen LogP contribution >= 0.6 is 0 Å². The first-order chi connectivity index (χ1) is 9.36. The zero-order valence-corrected chi connectivity index (χ0v) is 11.0. The number of nitrogen functional groups attached to an aromatic ring is 1. The lowest BCUT2D eigenvalue weighted by molar-refractivity contribution is -0.190. The van der Waals surface area contributed by atoms with Crippen LogP contribution in [0.15, 0.2) is 0 Å². The Morgan fingerprint density at radius 3 is 2.40 bits per heavy atom. The van der Waals surface area contributed by atoms with Crippen LogP contribution in [0.2, 0.25) is 0 Å². The summed E-state index contributed by atoms with van der Waals surface area (Å²) in [6.07, 6.45) is -3.39. The molecule has 1 aliphatic rings. The van der Waals surface area contributed by atoms with Crippen molar-refractivity contribution in [2.24, 2.45) is 0 Å². The van der Waals surface area contributed by atoms with Gasteiger partial charge < -0.3 is 15.4 Å². The van der Waals surface area contributed by atoms with Crippen molar-refractivity contribution >= 4 is 11.9 Å². The van der Waals surface area contributed by atoms with Gasteiger partial charge in [-0.2, -0.15) is 28.1 Å². The Morgan fingerprint density at radius 2 is 1.80 bits per heavy atom. The molecular weight excluding hydrogens is 275 g/mol. The van der Waals surface area contributed by atoms with Crippen molar-refractivity contribution in [2.75, 3.05) is 23.7 Å². The van der Waals surface area contributed by atoms with E-state index >= 15 is 0 Å². The Balaban J connectivity index is 2.15. The second-order valence-electron chi connectivity index (χ2n) is 4.63. The summed E-state index contributed by atoms with van der Waals surface area (Å²) in [6.45, 7) is 2.38. The zero-order valence-electron chi connectivity index (χ0n) is 11.0. The summed E-state index contributed by atoms with van der Waals surface area (Å²) >= 11 is 0. The third-order valence-corrected chi connectivity index (χ3v) is 3.00. The standard InChI is InChI=1S/C11H16F3N5O/c1-7(11(12,13)14)20-10-17-8(15)16-9(18-10)19-5-3-2-4-6-19/h7H,2-6H2,1H3,(H2,15,16,17,18). The van der Waals surface area contributed by atoms with E-state index in [1.165, 1.54) is 0 Å². The molecule has 0 radical (unpaired) electrons. The largest absolute Gasteiger partial charge is 0.451 e. The van der Waals surface area contributed by atoms with Crippen LogP contribution in [0.1, 0.15) is 26.2 Å². The van der Waals surface area contributed by atoms with Gasteiger partial charge in [-0.25, -0.2) is 0 Å². The van der Waals surface area contributed by atoms with Crippen molar-refractivity contribution in [3.8, 4) is 6.01 Å². The maximum atomic E-state index is 12.5. The minimum atomic E-state index is -4.48. The van der Waals surface area contributed by atoms with Gasteiger partial charge in [-0.3, -0.25) is 0 Å². The molecule has 9 heteroatoms. The molecule has 20 heavy (non-hydrogen) atoms. The first kappa shape index (κ1) is 14.6. The van der Waals surface area contributed by atoms with Gasteiger partial charge in [0, 0.05) is 13.1 Å². The Bertz CT molecular complexity index is 462. The lowest BCUT2D eigenvalue weighted by atomic mass is 10.1. The maximum Gasteiger partial charge on any atom is 0.425 e. The van der Waals surface area contributed by atoms with Crippen molar-refractivity contribution < 1.29 is 17.9 Å². The second kappa shape index (κ2) is 5.68. The SMILES string of the molecule is CC(Oc1nc(N)nc(N2CCCCC2)n1)C(F)(F)F. The van der Waals surface area contributed by atoms with E-state index in [1.54, 1.807) is 0 Å². The summed E-state index contributed by atoms with van der Waals surface area (Å²) in [5.41, 5.74) is 5.50. The van der Waals surface area contributed by atoms with Crippen LogP contribution in [0.3, 0.4) is 0 Å². The number of nitrogens with zero attached hydrogens (tertiary/aromatic N) is 4. The van der Waals surface area contributed by atoms with Gasteiger partial charge in [-0.15, -0.1) is 0 Å². The second-order valence-corrected chi connectivity index (χ2v) is 4.63. The van der Waals surface area contributed by atoms with Gasteiger partial charge in [0.2, 0.25) is 11.9 Å². The van der Waals surface area contributed by atoms with Gasteiger partial charge in [0.25, 0.3) is 0 Å². The summed E-state index contributed by atoms with van der Waals surface area (Å²) in [5.74, 6) is 0.117. The van der Waals surface area contributed by atoms with Gasteiger partial charge in [-0.05, 0) is 26.2 Å². The normalized spacial score (nSPS) is 17.9. The molecule has 2 N–H and O–H groups in total. The molecule has 0 bridgehead atoms. The lowest BCUT2D eigenvalue weighted by Gasteiger charge is -2.26. The van der Waals surface area contributed by atoms with Crippen molar-refractivity contribution in [3.63, 3.8) is 0 Å². The van der Waals surface area contributed by atoms with E-state index in [0.717, 1.165) is 39.3 Å². The molecule has 1 aliphatic heterocycles. The summed E-state index contributed by atoms with van der Waals surface area (Å²) in [4.78, 5) is 13.3. The number of piperidine rings is 1. The first-order valence-electron chi connectivity index (χ1n) is 6.36. The van der Waals surface area contributed by atoms with Crippen molar-refractivity contribution in [3.05, 3.63) is 0 Å². The van der Waals surface area contributed by atoms with E-state index in [1.807, 2.05) is 4.90 Å². The van der Waals surface area contributed by atoms with Crippen LogP contribution in [0.4, 0.5) is 25.1 Å². The number of rotatable bonds is 3. The summed E-state index contributed by atoms with van der Waals surface area (Å²) in [6, 6.07) is -0.400. The topological polar surface area (TPSA) is 77.2 Å². The lowest BCUT2D eigenvalue weighted by Crippen LogP contribution is -2.33. The third-order valence-electron chi connectivity index (χ3n) is 3.00. The molecule has 2 heterocycles. The summed E-state index contributed by atoms with van der Waals surface area (Å²) in [7, 11) is 0. The van der Waals surface area contributed by atoms with Crippen LogP contribution < -0.4 is 15.4 Å². The van der Waals surface area contributed by atoms with Gasteiger partial charge in [0.05, 0.1) is 0 Å². The fraction of sp³-hybridized carbons (Fsp3) is 0.727. The Morgan fingerprint density at radius 1 is 1.15 bits per heavy atom. The number of hydrogen-bond acceptors (Lipinski definition) is 6. The highest BCUT2D eigenvalue weighted by atomic mass is 19.4. The minimum absolute atomic E-state index is 0.148. The number of hydrogen-bond donors (Lipinski definition) is 1. The zero-order chi connectivity index (χ0) is 14.8. The molecule has 0 spiro atoms. The monoisotopic (exact) mass is 291 g/mol. The molecule has 1 aromatic rings. The average molecular weight is 291 g/mol. The fourth-order valence-corrected chi connectivity index (χ4v) is 1.87. The van der Waals surface area contributed by atoms with Crippen molar-refractivity contribution in [1.29, 1.82) is 0 Å². The van der Waals surface area contributed by atoms with Gasteiger partial charge >= 0.3 is 12.2 Å². The molecule has 1 saturated heterocycles. The van der Waals surface area contributed by atoms with Gasteiger partial charge in [0.1, 0.15) is 0 Å². The first-order valence-corrected chi connectivity index (χ1v) is 6.36. The summed E-state index contributed by atoms with van der Waals surface area (Å²) in [5, 5.41) is 0. The van der Waals surface area contributed by atoms with E-state index in [9.17, 15) is 13.2 Å². The molecule has 1 fully saturated rings. The molecule has 0 saturated carbocycles. The molecule has 1 atom stereocenters. The van der Waals surface area contributed by atoms with Crippen LogP contribution in [0.5, 0.6) is 6.01 Å². The number of nitrogens with two attached hydrogens (primary N) is 1. The van der Waals surface area contributed by atoms with E-state index in [0.29, 0.717) is 0 Å². The number of aromatic nitrogens is 3. The minimum Gasteiger partial charge on any atom is -0.451 e. The van der Waals surface area contributed by atoms with Crippen LogP contribution in [0.25, 0.3) is 0 Å². The molecule has 6 nitrogen and oxygen atoms in total. The Kier molecular flexibility index (Phi) is 4.15. The molecule has 2 rings (SSSR count). The molecular formula is C11H16F3N5O. The van der Waals surface area contributed by atoms with Gasteiger partial charge in [0.15, 0.2) is 6.10 Å². The smallest absolute Gasteiger partial charge is 0.425 e. The highest BCUT2D eigenvalue weighted by Gasteiger charge is 2.38. The molecule has 0 amide bonds. The Labute approximate surface area is 114 Å². The maximum absolute atomic E-state index is 12.5. The van der Waals surface area contributed by atoms with E-state index < -0.39 is 18.3 Å². The molecule has 0 aliphatic carbocycles. The van der Waals surface area contributed by atoms with E-state index in [2.05, 4.69) is 15.0 Å². The fourth-order valence-electron chi connectivity index (χ4n) is 1.87. The number of ether oxygens (including phenoxy) is 1. The van der Waals surface area contributed by atoms with Crippen LogP contribution in [-0.2, 0) is 0 Å². The quantitative estimate of drug-likeness (QED) is 0.914. The van der Waals surface area contributed by atoms with E-state index in [-0.39, 0.29) is 11.9 Å². The number of anilines is 2. The Hall–Kier alpha value is -1.80. The van der Waals surface area contributed by atoms with E-state index in [4.69, 9.17) is 10.5 Å².